The molecule has 0 saturated heterocycles. The summed E-state index contributed by atoms with van der Waals surface area (Å²) in [5.41, 5.74) is 1.87. The van der Waals surface area contributed by atoms with Crippen LogP contribution in [0.5, 0.6) is 0 Å². The average Bonchev–Trinajstić information content (AvgIpc) is 2.86. The van der Waals surface area contributed by atoms with Crippen LogP contribution in [0.25, 0.3) is 0 Å². The van der Waals surface area contributed by atoms with Crippen molar-refractivity contribution in [2.45, 2.75) is 51.2 Å². The number of amides is 2. The third-order valence-electron chi connectivity index (χ3n) is 5.90. The topological polar surface area (TPSA) is 86.8 Å². The average molecular weight is 621 g/mol. The van der Waals surface area contributed by atoms with Gasteiger partial charge in [0.1, 0.15) is 12.6 Å². The number of halogens is 2. The van der Waals surface area contributed by atoms with Gasteiger partial charge < -0.3 is 10.2 Å². The number of nitrogens with zero attached hydrogens (tertiary/aromatic N) is 2. The van der Waals surface area contributed by atoms with Crippen molar-refractivity contribution in [3.63, 3.8) is 0 Å². The Morgan fingerprint density at radius 2 is 1.55 bits per heavy atom. The normalized spacial score (nSPS) is 12.2. The minimum atomic E-state index is -4.11. The monoisotopic (exact) mass is 619 g/mol. The first-order valence-electron chi connectivity index (χ1n) is 12.1. The molecule has 7 nitrogen and oxygen atoms in total. The summed E-state index contributed by atoms with van der Waals surface area (Å²) >= 11 is 9.74. The van der Waals surface area contributed by atoms with Crippen molar-refractivity contribution in [2.24, 2.45) is 0 Å². The second-order valence-corrected chi connectivity index (χ2v) is 12.4. The molecular formula is C28H31BrClN3O4S. The maximum atomic E-state index is 13.9. The van der Waals surface area contributed by atoms with Crippen molar-refractivity contribution in [3.8, 4) is 0 Å². The standard InChI is InChI=1S/C28H31BrClN3O4S/c1-19(2)31-28(35)21(4)32(17-22-7-5-6-8-26(22)30)27(34)18-33(24-13-11-23(29)12-14-24)38(36,37)25-15-9-20(3)10-16-25/h5-16,19,21H,17-18H2,1-4H3,(H,31,35). The molecule has 0 bridgehead atoms. The lowest BCUT2D eigenvalue weighted by atomic mass is 10.1. The summed E-state index contributed by atoms with van der Waals surface area (Å²) in [5.74, 6) is -0.896. The molecule has 0 aromatic heterocycles. The molecule has 2 amide bonds. The summed E-state index contributed by atoms with van der Waals surface area (Å²) in [4.78, 5) is 28.2. The minimum Gasteiger partial charge on any atom is -0.352 e. The van der Waals surface area contributed by atoms with E-state index in [2.05, 4.69) is 21.2 Å². The van der Waals surface area contributed by atoms with Gasteiger partial charge in [-0.15, -0.1) is 0 Å². The number of carbonyl (C=O) groups excluding carboxylic acids is 2. The van der Waals surface area contributed by atoms with E-state index in [1.54, 1.807) is 67.6 Å². The van der Waals surface area contributed by atoms with E-state index in [1.165, 1.54) is 17.0 Å². The first-order valence-corrected chi connectivity index (χ1v) is 14.7. The summed E-state index contributed by atoms with van der Waals surface area (Å²) in [7, 11) is -4.11. The molecule has 0 heterocycles. The van der Waals surface area contributed by atoms with Crippen LogP contribution in [-0.4, -0.2) is 43.8 Å². The van der Waals surface area contributed by atoms with E-state index < -0.39 is 28.5 Å². The first-order chi connectivity index (χ1) is 17.9. The number of aryl methyl sites for hydroxylation is 1. The maximum Gasteiger partial charge on any atom is 0.264 e. The SMILES string of the molecule is Cc1ccc(S(=O)(=O)N(CC(=O)N(Cc2ccccc2Cl)C(C)C(=O)NC(C)C)c2ccc(Br)cc2)cc1. The lowest BCUT2D eigenvalue weighted by molar-refractivity contribution is -0.139. The van der Waals surface area contributed by atoms with E-state index in [-0.39, 0.29) is 23.4 Å². The highest BCUT2D eigenvalue weighted by Gasteiger charge is 2.32. The van der Waals surface area contributed by atoms with E-state index in [4.69, 9.17) is 11.6 Å². The molecule has 1 unspecified atom stereocenters. The van der Waals surface area contributed by atoms with Gasteiger partial charge in [0.05, 0.1) is 10.6 Å². The Kier molecular flexibility index (Phi) is 9.98. The Balaban J connectivity index is 2.03. The Bertz CT molecular complexity index is 1380. The highest BCUT2D eigenvalue weighted by atomic mass is 79.9. The van der Waals surface area contributed by atoms with Crippen LogP contribution in [0.3, 0.4) is 0 Å². The molecule has 3 aromatic carbocycles. The Hall–Kier alpha value is -2.88. The summed E-state index contributed by atoms with van der Waals surface area (Å²) in [6, 6.07) is 19.1. The summed E-state index contributed by atoms with van der Waals surface area (Å²) < 4.78 is 29.4. The zero-order valence-corrected chi connectivity index (χ0v) is 24.8. The van der Waals surface area contributed by atoms with E-state index >= 15 is 0 Å². The first kappa shape index (κ1) is 29.7. The summed E-state index contributed by atoms with van der Waals surface area (Å²) in [5, 5.41) is 3.27. The van der Waals surface area contributed by atoms with Crippen molar-refractivity contribution in [3.05, 3.63) is 93.4 Å². The van der Waals surface area contributed by atoms with Gasteiger partial charge in [-0.3, -0.25) is 13.9 Å². The van der Waals surface area contributed by atoms with Crippen LogP contribution in [0.4, 0.5) is 5.69 Å². The Morgan fingerprint density at radius 1 is 0.947 bits per heavy atom. The molecule has 0 aliphatic heterocycles. The van der Waals surface area contributed by atoms with Crippen LogP contribution in [0.15, 0.2) is 82.2 Å². The third-order valence-corrected chi connectivity index (χ3v) is 8.58. The van der Waals surface area contributed by atoms with Crippen LogP contribution < -0.4 is 9.62 Å². The largest absolute Gasteiger partial charge is 0.352 e. The van der Waals surface area contributed by atoms with Gasteiger partial charge in [0.15, 0.2) is 0 Å². The predicted molar refractivity (Wildman–Crippen MR) is 155 cm³/mol. The molecule has 202 valence electrons. The summed E-state index contributed by atoms with van der Waals surface area (Å²) in [6.07, 6.45) is 0. The molecule has 0 fully saturated rings. The lowest BCUT2D eigenvalue weighted by Gasteiger charge is -2.32. The van der Waals surface area contributed by atoms with Crippen molar-refractivity contribution < 1.29 is 18.0 Å². The zero-order valence-electron chi connectivity index (χ0n) is 21.7. The summed E-state index contributed by atoms with van der Waals surface area (Å²) in [6.45, 7) is 6.65. The van der Waals surface area contributed by atoms with Gasteiger partial charge >= 0.3 is 0 Å². The van der Waals surface area contributed by atoms with Gasteiger partial charge in [-0.25, -0.2) is 8.42 Å². The molecule has 0 radical (unpaired) electrons. The zero-order chi connectivity index (χ0) is 28.0. The van der Waals surface area contributed by atoms with E-state index in [9.17, 15) is 18.0 Å². The van der Waals surface area contributed by atoms with E-state index in [0.717, 1.165) is 14.3 Å². The Morgan fingerprint density at radius 3 is 2.13 bits per heavy atom. The number of carbonyl (C=O) groups is 2. The van der Waals surface area contributed by atoms with E-state index in [0.29, 0.717) is 16.3 Å². The molecule has 10 heteroatoms. The molecule has 1 atom stereocenters. The Labute approximate surface area is 238 Å². The molecule has 0 spiro atoms. The quantitative estimate of drug-likeness (QED) is 0.322. The van der Waals surface area contributed by atoms with Crippen LogP contribution in [-0.2, 0) is 26.2 Å². The second kappa shape index (κ2) is 12.8. The number of anilines is 1. The molecule has 0 aliphatic rings. The minimum absolute atomic E-state index is 0.0317. The molecule has 0 aliphatic carbocycles. The van der Waals surface area contributed by atoms with Crippen LogP contribution >= 0.6 is 27.5 Å². The van der Waals surface area contributed by atoms with Crippen molar-refractivity contribution >= 4 is 55.1 Å². The number of hydrogen-bond acceptors (Lipinski definition) is 4. The molecule has 3 aromatic rings. The molecule has 1 N–H and O–H groups in total. The van der Waals surface area contributed by atoms with Gasteiger partial charge in [-0.05, 0) is 75.7 Å². The van der Waals surface area contributed by atoms with Crippen molar-refractivity contribution in [1.29, 1.82) is 0 Å². The van der Waals surface area contributed by atoms with Gasteiger partial charge in [-0.1, -0.05) is 63.4 Å². The highest BCUT2D eigenvalue weighted by molar-refractivity contribution is 9.10. The molecule has 3 rings (SSSR count). The van der Waals surface area contributed by atoms with Crippen molar-refractivity contribution in [2.75, 3.05) is 10.8 Å². The van der Waals surface area contributed by atoms with Crippen LogP contribution in [0.2, 0.25) is 5.02 Å². The molecular weight excluding hydrogens is 590 g/mol. The van der Waals surface area contributed by atoms with Gasteiger partial charge in [0, 0.05) is 22.1 Å². The fourth-order valence-corrected chi connectivity index (χ4v) is 5.65. The van der Waals surface area contributed by atoms with Gasteiger partial charge in [-0.2, -0.15) is 0 Å². The molecule has 38 heavy (non-hydrogen) atoms. The fourth-order valence-electron chi connectivity index (χ4n) is 3.77. The second-order valence-electron chi connectivity index (χ2n) is 9.25. The lowest BCUT2D eigenvalue weighted by Crippen LogP contribution is -2.52. The van der Waals surface area contributed by atoms with E-state index in [1.807, 2.05) is 20.8 Å². The maximum absolute atomic E-state index is 13.9. The van der Waals surface area contributed by atoms with Gasteiger partial charge in [0.25, 0.3) is 10.0 Å². The molecule has 0 saturated carbocycles. The van der Waals surface area contributed by atoms with Crippen LogP contribution in [0, 0.1) is 6.92 Å². The smallest absolute Gasteiger partial charge is 0.264 e. The van der Waals surface area contributed by atoms with Crippen LogP contribution in [0.1, 0.15) is 31.9 Å². The van der Waals surface area contributed by atoms with Crippen molar-refractivity contribution in [1.82, 2.24) is 10.2 Å². The number of rotatable bonds is 10. The van der Waals surface area contributed by atoms with Gasteiger partial charge in [0.2, 0.25) is 11.8 Å². The third kappa shape index (κ3) is 7.36. The number of sulfonamides is 1. The highest BCUT2D eigenvalue weighted by Crippen LogP contribution is 2.27. The fraction of sp³-hybridized carbons (Fsp3) is 0.286. The predicted octanol–water partition coefficient (Wildman–Crippen LogP) is 5.55. The number of nitrogens with one attached hydrogen (secondary N) is 1. The number of benzene rings is 3. The number of hydrogen-bond donors (Lipinski definition) is 1.